The molecule has 0 saturated carbocycles. The third-order valence-electron chi connectivity index (χ3n) is 2.52. The zero-order chi connectivity index (χ0) is 20.8. The molecule has 0 fully saturated rings. The van der Waals surface area contributed by atoms with Crippen molar-refractivity contribution in [3.63, 3.8) is 0 Å². The first kappa shape index (κ1) is 25.2. The Morgan fingerprint density at radius 1 is 0.885 bits per heavy atom. The molecule has 1 aromatic carbocycles. The Bertz CT molecular complexity index is 709. The predicted molar refractivity (Wildman–Crippen MR) is 121 cm³/mol. The van der Waals surface area contributed by atoms with E-state index in [4.69, 9.17) is 10.8 Å². The summed E-state index contributed by atoms with van der Waals surface area (Å²) in [5.74, 6) is -2.71. The molecule has 1 atom stereocenters. The van der Waals surface area contributed by atoms with Crippen LogP contribution < -0.4 is 16.4 Å². The molecular formula is C14H16I3N3O6. The third kappa shape index (κ3) is 7.47. The van der Waals surface area contributed by atoms with Gasteiger partial charge in [0.15, 0.2) is 0 Å². The smallest absolute Gasteiger partial charge is 0.338 e. The van der Waals surface area contributed by atoms with Crippen LogP contribution in [0.1, 0.15) is 31.1 Å². The molecule has 0 aliphatic rings. The van der Waals surface area contributed by atoms with Crippen LogP contribution in [0, 0.1) is 10.7 Å². The minimum absolute atomic E-state index is 0.0547. The molecule has 144 valence electrons. The van der Waals surface area contributed by atoms with Gasteiger partial charge < -0.3 is 26.6 Å². The fourth-order valence-corrected chi connectivity index (χ4v) is 5.59. The van der Waals surface area contributed by atoms with Crippen LogP contribution in [-0.4, -0.2) is 40.0 Å². The lowest BCUT2D eigenvalue weighted by atomic mass is 10.1. The predicted octanol–water partition coefficient (Wildman–Crippen LogP) is 2.53. The normalized spacial score (nSPS) is 10.9. The van der Waals surface area contributed by atoms with Gasteiger partial charge in [-0.3, -0.25) is 14.4 Å². The number of hydrogen-bond acceptors (Lipinski definition) is 5. The highest BCUT2D eigenvalue weighted by Gasteiger charge is 2.25. The monoisotopic (exact) mass is 703 g/mol. The second-order valence-corrected chi connectivity index (χ2v) is 8.10. The third-order valence-corrected chi connectivity index (χ3v) is 5.76. The zero-order valence-electron chi connectivity index (χ0n) is 13.8. The number of hydrogen-bond donors (Lipinski definition) is 5. The Morgan fingerprint density at radius 2 is 1.19 bits per heavy atom. The summed E-state index contributed by atoms with van der Waals surface area (Å²) in [6, 6.07) is -0.731. The van der Waals surface area contributed by atoms with Crippen LogP contribution in [0.5, 0.6) is 0 Å². The van der Waals surface area contributed by atoms with Crippen molar-refractivity contribution in [2.45, 2.75) is 26.8 Å². The molecule has 9 nitrogen and oxygen atoms in total. The standard InChI is InChI=1S/C11H9I3N2O4.C3H7NO2/c1-3(17)15-9-6(12)5(11(19)20)7(13)10(8(9)14)16-4(2)18;1-2(4)3(5)6/h1-2H3,(H,15,17)(H,16,18)(H,19,20);2H,4H2,1H3,(H,5,6). The number of carbonyl (C=O) groups is 4. The van der Waals surface area contributed by atoms with Crippen LogP contribution in [0.3, 0.4) is 0 Å². The van der Waals surface area contributed by atoms with Crippen LogP contribution in [-0.2, 0) is 14.4 Å². The lowest BCUT2D eigenvalue weighted by molar-refractivity contribution is -0.138. The molecule has 1 unspecified atom stereocenters. The van der Waals surface area contributed by atoms with Crippen molar-refractivity contribution in [2.24, 2.45) is 5.73 Å². The van der Waals surface area contributed by atoms with Gasteiger partial charge in [0.25, 0.3) is 0 Å². The number of aromatic carboxylic acids is 1. The van der Waals surface area contributed by atoms with Crippen molar-refractivity contribution in [3.8, 4) is 0 Å². The van der Waals surface area contributed by atoms with Crippen molar-refractivity contribution >= 4 is 103 Å². The topological polar surface area (TPSA) is 159 Å². The first-order valence-corrected chi connectivity index (χ1v) is 10.0. The van der Waals surface area contributed by atoms with E-state index in [0.29, 0.717) is 22.1 Å². The van der Waals surface area contributed by atoms with E-state index in [2.05, 4.69) is 10.6 Å². The molecule has 0 radical (unpaired) electrons. The molecule has 26 heavy (non-hydrogen) atoms. The molecule has 2 amide bonds. The summed E-state index contributed by atoms with van der Waals surface area (Å²) in [6.45, 7) is 4.09. The summed E-state index contributed by atoms with van der Waals surface area (Å²) in [5, 5.41) is 22.4. The number of carboxylic acid groups (broad SMARTS) is 2. The van der Waals surface area contributed by atoms with Gasteiger partial charge in [-0.2, -0.15) is 0 Å². The van der Waals surface area contributed by atoms with Gasteiger partial charge in [0.05, 0.1) is 27.6 Å². The van der Waals surface area contributed by atoms with E-state index in [1.165, 1.54) is 20.8 Å². The number of anilines is 2. The van der Waals surface area contributed by atoms with E-state index in [1.54, 1.807) is 0 Å². The first-order chi connectivity index (χ1) is 11.8. The SMILES string of the molecule is CC(=O)Nc1c(I)c(NC(C)=O)c(I)c(C(=O)O)c1I.CC(N)C(=O)O. The number of carboxylic acids is 2. The van der Waals surface area contributed by atoms with Crippen molar-refractivity contribution in [1.82, 2.24) is 0 Å². The molecule has 0 bridgehead atoms. The van der Waals surface area contributed by atoms with Crippen LogP contribution in [0.25, 0.3) is 0 Å². The second-order valence-electron chi connectivity index (χ2n) is 4.86. The maximum Gasteiger partial charge on any atom is 0.338 e. The molecule has 0 aliphatic carbocycles. The first-order valence-electron chi connectivity index (χ1n) is 6.78. The second kappa shape index (κ2) is 11.2. The number of rotatable bonds is 4. The number of benzene rings is 1. The van der Waals surface area contributed by atoms with Gasteiger partial charge in [-0.05, 0) is 74.7 Å². The Kier molecular flexibility index (Phi) is 10.9. The van der Waals surface area contributed by atoms with Gasteiger partial charge in [0.2, 0.25) is 11.8 Å². The average Bonchev–Trinajstić information content (AvgIpc) is 2.48. The quantitative estimate of drug-likeness (QED) is 0.302. The summed E-state index contributed by atoms with van der Waals surface area (Å²) in [7, 11) is 0. The summed E-state index contributed by atoms with van der Waals surface area (Å²) in [4.78, 5) is 43.5. The van der Waals surface area contributed by atoms with E-state index in [1.807, 2.05) is 67.8 Å². The van der Waals surface area contributed by atoms with Crippen molar-refractivity contribution in [2.75, 3.05) is 10.6 Å². The molecule has 6 N–H and O–H groups in total. The summed E-state index contributed by atoms with van der Waals surface area (Å²) >= 11 is 5.71. The highest BCUT2D eigenvalue weighted by Crippen LogP contribution is 2.38. The minimum atomic E-state index is -1.12. The Labute approximate surface area is 190 Å². The molecule has 1 rings (SSSR count). The fraction of sp³-hybridized carbons (Fsp3) is 0.286. The van der Waals surface area contributed by atoms with E-state index >= 15 is 0 Å². The lowest BCUT2D eigenvalue weighted by Crippen LogP contribution is -2.25. The van der Waals surface area contributed by atoms with Crippen molar-refractivity contribution in [3.05, 3.63) is 16.3 Å². The summed E-state index contributed by atoms with van der Waals surface area (Å²) < 4.78 is 1.44. The average molecular weight is 703 g/mol. The summed E-state index contributed by atoms with van der Waals surface area (Å²) in [6.07, 6.45) is 0. The Balaban J connectivity index is 0.000000896. The van der Waals surface area contributed by atoms with Gasteiger partial charge in [0, 0.05) is 13.8 Å². The van der Waals surface area contributed by atoms with Crippen molar-refractivity contribution < 1.29 is 29.4 Å². The molecule has 0 heterocycles. The number of nitrogens with two attached hydrogens (primary N) is 1. The number of aliphatic carboxylic acids is 1. The number of halogens is 3. The van der Waals surface area contributed by atoms with Crippen LogP contribution in [0.15, 0.2) is 0 Å². The lowest BCUT2D eigenvalue weighted by Gasteiger charge is -2.17. The Hall–Kier alpha value is -0.750. The fourth-order valence-electron chi connectivity index (χ4n) is 1.42. The molecule has 12 heteroatoms. The Morgan fingerprint density at radius 3 is 1.38 bits per heavy atom. The zero-order valence-corrected chi connectivity index (χ0v) is 20.3. The molecule has 0 aromatic heterocycles. The van der Waals surface area contributed by atoms with E-state index in [-0.39, 0.29) is 17.4 Å². The number of nitrogens with one attached hydrogen (secondary N) is 2. The van der Waals surface area contributed by atoms with Gasteiger partial charge in [-0.25, -0.2) is 4.79 Å². The van der Waals surface area contributed by atoms with E-state index in [9.17, 15) is 24.3 Å². The summed E-state index contributed by atoms with van der Waals surface area (Å²) in [5.41, 5.74) is 5.67. The highest BCUT2D eigenvalue weighted by molar-refractivity contribution is 14.1. The molecule has 0 aliphatic heterocycles. The van der Waals surface area contributed by atoms with Gasteiger partial charge in [0.1, 0.15) is 6.04 Å². The number of amides is 2. The molecule has 0 spiro atoms. The number of carbonyl (C=O) groups excluding carboxylic acids is 2. The highest BCUT2D eigenvalue weighted by atomic mass is 127. The molecule has 0 saturated heterocycles. The van der Waals surface area contributed by atoms with Crippen LogP contribution in [0.2, 0.25) is 0 Å². The van der Waals surface area contributed by atoms with Crippen LogP contribution >= 0.6 is 67.8 Å². The van der Waals surface area contributed by atoms with Gasteiger partial charge >= 0.3 is 11.9 Å². The maximum atomic E-state index is 11.4. The molecule has 1 aromatic rings. The van der Waals surface area contributed by atoms with E-state index in [0.717, 1.165) is 0 Å². The van der Waals surface area contributed by atoms with Gasteiger partial charge in [-0.15, -0.1) is 0 Å². The van der Waals surface area contributed by atoms with Crippen molar-refractivity contribution in [1.29, 1.82) is 0 Å². The van der Waals surface area contributed by atoms with E-state index < -0.39 is 18.0 Å². The van der Waals surface area contributed by atoms with Gasteiger partial charge in [-0.1, -0.05) is 0 Å². The maximum absolute atomic E-state index is 11.4. The van der Waals surface area contributed by atoms with Crippen LogP contribution in [0.4, 0.5) is 11.4 Å². The molecular weight excluding hydrogens is 687 g/mol. The minimum Gasteiger partial charge on any atom is -0.480 e. The largest absolute Gasteiger partial charge is 0.480 e.